The van der Waals surface area contributed by atoms with Gasteiger partial charge in [0.1, 0.15) is 5.69 Å². The van der Waals surface area contributed by atoms with Crippen molar-refractivity contribution in [3.63, 3.8) is 0 Å². The van der Waals surface area contributed by atoms with Gasteiger partial charge in [0, 0.05) is 12.6 Å². The Kier molecular flexibility index (Phi) is 6.02. The molecule has 0 fully saturated rings. The summed E-state index contributed by atoms with van der Waals surface area (Å²) in [6, 6.07) is 1.99. The zero-order valence-electron chi connectivity index (χ0n) is 12.4. The molecule has 108 valence electrons. The van der Waals surface area contributed by atoms with E-state index in [-0.39, 0.29) is 11.9 Å². The summed E-state index contributed by atoms with van der Waals surface area (Å²) in [7, 11) is 0. The van der Waals surface area contributed by atoms with Gasteiger partial charge in [-0.2, -0.15) is 5.10 Å². The fraction of sp³-hybridized carbons (Fsp3) is 0.714. The van der Waals surface area contributed by atoms with Gasteiger partial charge in [0.2, 0.25) is 0 Å². The van der Waals surface area contributed by atoms with Gasteiger partial charge in [0.05, 0.1) is 5.69 Å². The highest BCUT2D eigenvalue weighted by Gasteiger charge is 2.19. The number of nitrogens with two attached hydrogens (primary N) is 1. The summed E-state index contributed by atoms with van der Waals surface area (Å²) < 4.78 is 1.76. The van der Waals surface area contributed by atoms with Gasteiger partial charge in [-0.1, -0.05) is 20.8 Å². The van der Waals surface area contributed by atoms with Gasteiger partial charge in [-0.05, 0) is 38.3 Å². The molecule has 1 amide bonds. The first-order valence-electron chi connectivity index (χ1n) is 7.11. The van der Waals surface area contributed by atoms with Crippen LogP contribution in [-0.4, -0.2) is 28.3 Å². The van der Waals surface area contributed by atoms with Crippen LogP contribution in [0.15, 0.2) is 6.07 Å². The lowest BCUT2D eigenvalue weighted by Gasteiger charge is -2.21. The van der Waals surface area contributed by atoms with Gasteiger partial charge in [-0.3, -0.25) is 9.48 Å². The molecule has 5 heteroatoms. The molecule has 0 bridgehead atoms. The minimum absolute atomic E-state index is 0.0544. The molecule has 0 aliphatic carbocycles. The maximum atomic E-state index is 12.3. The molecule has 1 atom stereocenters. The molecule has 0 aromatic carbocycles. The van der Waals surface area contributed by atoms with E-state index in [0.29, 0.717) is 24.7 Å². The fourth-order valence-electron chi connectivity index (χ4n) is 2.06. The van der Waals surface area contributed by atoms with Crippen LogP contribution in [0.25, 0.3) is 0 Å². The van der Waals surface area contributed by atoms with Crippen LogP contribution in [0.1, 0.15) is 50.3 Å². The fourth-order valence-corrected chi connectivity index (χ4v) is 2.06. The molecule has 0 aliphatic heterocycles. The SMILES string of the molecule is CCc1cc(C(=O)NC(CCN)C(C)C)n(CC)n1. The predicted molar refractivity (Wildman–Crippen MR) is 77.0 cm³/mol. The third-order valence-electron chi connectivity index (χ3n) is 3.32. The van der Waals surface area contributed by atoms with Gasteiger partial charge in [0.15, 0.2) is 0 Å². The molecule has 1 aromatic rings. The van der Waals surface area contributed by atoms with Crippen molar-refractivity contribution in [2.24, 2.45) is 11.7 Å². The highest BCUT2D eigenvalue weighted by Crippen LogP contribution is 2.09. The van der Waals surface area contributed by atoms with E-state index in [9.17, 15) is 4.79 Å². The van der Waals surface area contributed by atoms with Crippen LogP contribution in [0.3, 0.4) is 0 Å². The van der Waals surface area contributed by atoms with Crippen LogP contribution >= 0.6 is 0 Å². The number of amides is 1. The summed E-state index contributed by atoms with van der Waals surface area (Å²) in [6.07, 6.45) is 1.63. The van der Waals surface area contributed by atoms with Gasteiger partial charge in [-0.15, -0.1) is 0 Å². The average Bonchev–Trinajstić information content (AvgIpc) is 2.81. The number of rotatable bonds is 7. The lowest BCUT2D eigenvalue weighted by atomic mass is 10.0. The van der Waals surface area contributed by atoms with Crippen molar-refractivity contribution in [3.8, 4) is 0 Å². The molecule has 0 saturated heterocycles. The van der Waals surface area contributed by atoms with Gasteiger partial charge in [0.25, 0.3) is 5.91 Å². The summed E-state index contributed by atoms with van der Waals surface area (Å²) in [6.45, 7) is 9.49. The number of hydrogen-bond acceptors (Lipinski definition) is 3. The summed E-state index contributed by atoms with van der Waals surface area (Å²) in [5, 5.41) is 7.46. The molecule has 5 nitrogen and oxygen atoms in total. The number of carbonyl (C=O) groups excluding carboxylic acids is 1. The minimum Gasteiger partial charge on any atom is -0.348 e. The number of hydrogen-bond donors (Lipinski definition) is 2. The van der Waals surface area contributed by atoms with Crippen molar-refractivity contribution in [3.05, 3.63) is 17.5 Å². The monoisotopic (exact) mass is 266 g/mol. The highest BCUT2D eigenvalue weighted by atomic mass is 16.2. The van der Waals surface area contributed by atoms with Crippen LogP contribution < -0.4 is 11.1 Å². The highest BCUT2D eigenvalue weighted by molar-refractivity contribution is 5.92. The molecule has 1 aromatic heterocycles. The summed E-state index contributed by atoms with van der Waals surface area (Å²) in [5.74, 6) is 0.317. The van der Waals surface area contributed by atoms with Crippen molar-refractivity contribution in [1.29, 1.82) is 0 Å². The number of aryl methyl sites for hydroxylation is 2. The van der Waals surface area contributed by atoms with E-state index in [0.717, 1.165) is 18.5 Å². The van der Waals surface area contributed by atoms with Crippen LogP contribution in [-0.2, 0) is 13.0 Å². The van der Waals surface area contributed by atoms with Gasteiger partial charge < -0.3 is 11.1 Å². The first kappa shape index (κ1) is 15.7. The molecule has 1 heterocycles. The standard InChI is InChI=1S/C14H26N4O/c1-5-11-9-13(18(6-2)17-11)14(19)16-12(7-8-15)10(3)4/h9-10,12H,5-8,15H2,1-4H3,(H,16,19). The first-order chi connectivity index (χ1) is 9.03. The topological polar surface area (TPSA) is 72.9 Å². The van der Waals surface area contributed by atoms with E-state index < -0.39 is 0 Å². The second kappa shape index (κ2) is 7.28. The van der Waals surface area contributed by atoms with Crippen LogP contribution in [0.5, 0.6) is 0 Å². The Morgan fingerprint density at radius 2 is 2.16 bits per heavy atom. The summed E-state index contributed by atoms with van der Waals surface area (Å²) >= 11 is 0. The minimum atomic E-state index is -0.0544. The Morgan fingerprint density at radius 1 is 1.47 bits per heavy atom. The Labute approximate surface area is 115 Å². The molecular formula is C14H26N4O. The smallest absolute Gasteiger partial charge is 0.269 e. The molecule has 1 rings (SSSR count). The largest absolute Gasteiger partial charge is 0.348 e. The third kappa shape index (κ3) is 4.06. The van der Waals surface area contributed by atoms with E-state index in [1.54, 1.807) is 4.68 Å². The summed E-state index contributed by atoms with van der Waals surface area (Å²) in [4.78, 5) is 12.3. The molecule has 3 N–H and O–H groups in total. The van der Waals surface area contributed by atoms with Crippen molar-refractivity contribution in [1.82, 2.24) is 15.1 Å². The quantitative estimate of drug-likeness (QED) is 0.786. The third-order valence-corrected chi connectivity index (χ3v) is 3.32. The molecule has 1 unspecified atom stereocenters. The zero-order valence-corrected chi connectivity index (χ0v) is 12.4. The lowest BCUT2D eigenvalue weighted by Crippen LogP contribution is -2.40. The lowest BCUT2D eigenvalue weighted by molar-refractivity contribution is 0.0913. The number of aromatic nitrogens is 2. The Bertz CT molecular complexity index is 412. The average molecular weight is 266 g/mol. The second-order valence-electron chi connectivity index (χ2n) is 5.09. The van der Waals surface area contributed by atoms with Crippen molar-refractivity contribution in [2.75, 3.05) is 6.54 Å². The van der Waals surface area contributed by atoms with Crippen molar-refractivity contribution >= 4 is 5.91 Å². The van der Waals surface area contributed by atoms with Gasteiger partial charge >= 0.3 is 0 Å². The van der Waals surface area contributed by atoms with E-state index in [1.807, 2.05) is 19.9 Å². The van der Waals surface area contributed by atoms with E-state index in [1.165, 1.54) is 0 Å². The Hall–Kier alpha value is -1.36. The maximum absolute atomic E-state index is 12.3. The number of carbonyl (C=O) groups is 1. The number of nitrogens with one attached hydrogen (secondary N) is 1. The summed E-state index contributed by atoms with van der Waals surface area (Å²) in [5.41, 5.74) is 7.19. The molecule has 0 aliphatic rings. The van der Waals surface area contributed by atoms with E-state index in [4.69, 9.17) is 5.73 Å². The van der Waals surface area contributed by atoms with Crippen LogP contribution in [0.4, 0.5) is 0 Å². The van der Waals surface area contributed by atoms with E-state index in [2.05, 4.69) is 24.3 Å². The van der Waals surface area contributed by atoms with E-state index >= 15 is 0 Å². The molecule has 19 heavy (non-hydrogen) atoms. The van der Waals surface area contributed by atoms with Crippen molar-refractivity contribution in [2.45, 2.75) is 53.1 Å². The second-order valence-corrected chi connectivity index (χ2v) is 5.09. The van der Waals surface area contributed by atoms with Gasteiger partial charge in [-0.25, -0.2) is 0 Å². The zero-order chi connectivity index (χ0) is 14.4. The van der Waals surface area contributed by atoms with Crippen molar-refractivity contribution < 1.29 is 4.79 Å². The Morgan fingerprint density at radius 3 is 2.63 bits per heavy atom. The number of nitrogens with zero attached hydrogens (tertiary/aromatic N) is 2. The first-order valence-corrected chi connectivity index (χ1v) is 7.11. The molecule has 0 saturated carbocycles. The predicted octanol–water partition coefficient (Wildman–Crippen LogP) is 1.57. The molecule has 0 spiro atoms. The maximum Gasteiger partial charge on any atom is 0.269 e. The molecule has 0 radical (unpaired) electrons. The Balaban J connectivity index is 2.84. The normalized spacial score (nSPS) is 12.7. The van der Waals surface area contributed by atoms with Crippen LogP contribution in [0.2, 0.25) is 0 Å². The van der Waals surface area contributed by atoms with Crippen LogP contribution in [0, 0.1) is 5.92 Å². The molecular weight excluding hydrogens is 240 g/mol.